The Morgan fingerprint density at radius 3 is 2.56 bits per heavy atom. The first-order valence-corrected chi connectivity index (χ1v) is 5.94. The molecule has 1 saturated heterocycles. The molecule has 1 aliphatic rings. The minimum atomic E-state index is -0.425. The van der Waals surface area contributed by atoms with Crippen LogP contribution in [0.3, 0.4) is 0 Å². The van der Waals surface area contributed by atoms with Crippen LogP contribution in [0.15, 0.2) is 0 Å². The highest BCUT2D eigenvalue weighted by Gasteiger charge is 2.32. The van der Waals surface area contributed by atoms with Gasteiger partial charge in [0.15, 0.2) is 0 Å². The number of hydrogen-bond donors (Lipinski definition) is 0. The molecule has 0 aromatic carbocycles. The lowest BCUT2D eigenvalue weighted by Crippen LogP contribution is -2.41. The van der Waals surface area contributed by atoms with Crippen molar-refractivity contribution >= 4 is 5.97 Å². The summed E-state index contributed by atoms with van der Waals surface area (Å²) in [5.74, 6) is -0.141. The zero-order valence-electron chi connectivity index (χ0n) is 11.1. The molecule has 0 amide bonds. The lowest BCUT2D eigenvalue weighted by atomic mass is 9.98. The first kappa shape index (κ1) is 13.5. The van der Waals surface area contributed by atoms with E-state index in [2.05, 4.69) is 4.90 Å². The van der Waals surface area contributed by atoms with Gasteiger partial charge in [-0.1, -0.05) is 0 Å². The van der Waals surface area contributed by atoms with E-state index in [1.54, 1.807) is 0 Å². The molecule has 0 bridgehead atoms. The minimum absolute atomic E-state index is 0.141. The molecular formula is C12H24N2O2. The van der Waals surface area contributed by atoms with Gasteiger partial charge in [0, 0.05) is 13.1 Å². The summed E-state index contributed by atoms with van der Waals surface area (Å²) in [6.45, 7) is 7.45. The van der Waals surface area contributed by atoms with E-state index in [9.17, 15) is 4.79 Å². The zero-order valence-corrected chi connectivity index (χ0v) is 11.1. The molecule has 4 heteroatoms. The van der Waals surface area contributed by atoms with Gasteiger partial charge >= 0.3 is 5.97 Å². The van der Waals surface area contributed by atoms with E-state index < -0.39 is 5.41 Å². The van der Waals surface area contributed by atoms with Gasteiger partial charge in [-0.05, 0) is 47.7 Å². The van der Waals surface area contributed by atoms with Gasteiger partial charge in [0.1, 0.15) is 0 Å². The van der Waals surface area contributed by atoms with Crippen LogP contribution in [0.5, 0.6) is 0 Å². The highest BCUT2D eigenvalue weighted by molar-refractivity contribution is 5.75. The van der Waals surface area contributed by atoms with Gasteiger partial charge in [0.05, 0.1) is 11.5 Å². The highest BCUT2D eigenvalue weighted by atomic mass is 16.7. The van der Waals surface area contributed by atoms with Crippen molar-refractivity contribution < 1.29 is 9.63 Å². The molecule has 94 valence electrons. The number of nitrogens with zero attached hydrogens (tertiary/aromatic N) is 2. The molecular weight excluding hydrogens is 204 g/mol. The Bertz CT molecular complexity index is 246. The summed E-state index contributed by atoms with van der Waals surface area (Å²) in [6, 6.07) is 0.348. The molecule has 1 atom stereocenters. The summed E-state index contributed by atoms with van der Waals surface area (Å²) in [6.07, 6.45) is 2.21. The molecule has 16 heavy (non-hydrogen) atoms. The summed E-state index contributed by atoms with van der Waals surface area (Å²) in [7, 11) is 4.09. The maximum absolute atomic E-state index is 11.8. The van der Waals surface area contributed by atoms with Crippen molar-refractivity contribution in [3.63, 3.8) is 0 Å². The number of carbonyl (C=O) groups excluding carboxylic acids is 1. The molecule has 1 aliphatic heterocycles. The summed E-state index contributed by atoms with van der Waals surface area (Å²) < 4.78 is 0. The van der Waals surface area contributed by atoms with Crippen molar-refractivity contribution in [2.24, 2.45) is 5.41 Å². The largest absolute Gasteiger partial charge is 0.367 e. The van der Waals surface area contributed by atoms with Crippen molar-refractivity contribution in [1.29, 1.82) is 0 Å². The molecule has 0 unspecified atom stereocenters. The van der Waals surface area contributed by atoms with E-state index in [4.69, 9.17) is 4.84 Å². The molecule has 4 nitrogen and oxygen atoms in total. The number of carbonyl (C=O) groups is 1. The van der Waals surface area contributed by atoms with Crippen molar-refractivity contribution in [2.75, 3.05) is 27.2 Å². The van der Waals surface area contributed by atoms with Crippen molar-refractivity contribution in [3.05, 3.63) is 0 Å². The average molecular weight is 228 g/mol. The maximum Gasteiger partial charge on any atom is 0.330 e. The highest BCUT2D eigenvalue weighted by Crippen LogP contribution is 2.22. The van der Waals surface area contributed by atoms with Crippen molar-refractivity contribution in [2.45, 2.75) is 39.7 Å². The predicted molar refractivity (Wildman–Crippen MR) is 63.8 cm³/mol. The van der Waals surface area contributed by atoms with E-state index in [0.29, 0.717) is 6.04 Å². The third-order valence-corrected chi connectivity index (χ3v) is 2.71. The molecule has 0 N–H and O–H groups in total. The Hall–Kier alpha value is -0.610. The molecule has 0 aromatic rings. The van der Waals surface area contributed by atoms with Gasteiger partial charge in [-0.15, -0.1) is 5.06 Å². The first-order chi connectivity index (χ1) is 7.30. The van der Waals surface area contributed by atoms with Crippen molar-refractivity contribution in [1.82, 2.24) is 9.96 Å². The van der Waals surface area contributed by atoms with Crippen LogP contribution in [0, 0.1) is 5.41 Å². The topological polar surface area (TPSA) is 32.8 Å². The Kier molecular flexibility index (Phi) is 4.33. The van der Waals surface area contributed by atoms with Crippen LogP contribution in [0.2, 0.25) is 0 Å². The molecule has 0 aromatic heterocycles. The van der Waals surface area contributed by atoms with Crippen LogP contribution in [-0.2, 0) is 9.63 Å². The second-order valence-electron chi connectivity index (χ2n) is 5.83. The molecule has 1 fully saturated rings. The fourth-order valence-electron chi connectivity index (χ4n) is 1.78. The normalized spacial score (nSPS) is 22.8. The maximum atomic E-state index is 11.8. The number of hydrogen-bond acceptors (Lipinski definition) is 4. The molecule has 0 radical (unpaired) electrons. The fraction of sp³-hybridized carbons (Fsp3) is 0.917. The van der Waals surface area contributed by atoms with Crippen LogP contribution in [0.4, 0.5) is 0 Å². The van der Waals surface area contributed by atoms with E-state index in [-0.39, 0.29) is 5.97 Å². The third kappa shape index (κ3) is 3.76. The standard InChI is InChI=1S/C12H24N2O2/c1-12(2,3)11(15)16-14-8-6-7-10(14)9-13(4)5/h10H,6-9H2,1-5H3/t10-/m0/s1. The van der Waals surface area contributed by atoms with Crippen LogP contribution in [0.1, 0.15) is 33.6 Å². The smallest absolute Gasteiger partial charge is 0.330 e. The Morgan fingerprint density at radius 1 is 1.44 bits per heavy atom. The monoisotopic (exact) mass is 228 g/mol. The second kappa shape index (κ2) is 5.15. The van der Waals surface area contributed by atoms with Crippen molar-refractivity contribution in [3.8, 4) is 0 Å². The number of hydroxylamine groups is 2. The molecule has 0 aliphatic carbocycles. The quantitative estimate of drug-likeness (QED) is 0.733. The van der Waals surface area contributed by atoms with Crippen LogP contribution < -0.4 is 0 Å². The van der Waals surface area contributed by atoms with E-state index in [1.807, 2.05) is 39.9 Å². The summed E-state index contributed by atoms with van der Waals surface area (Å²) in [5.41, 5.74) is -0.425. The van der Waals surface area contributed by atoms with Gasteiger partial charge in [-0.3, -0.25) is 0 Å². The summed E-state index contributed by atoms with van der Waals surface area (Å²) >= 11 is 0. The lowest BCUT2D eigenvalue weighted by Gasteiger charge is -2.28. The van der Waals surface area contributed by atoms with Gasteiger partial charge < -0.3 is 9.74 Å². The Labute approximate surface area is 98.5 Å². The van der Waals surface area contributed by atoms with Gasteiger partial charge in [0.25, 0.3) is 0 Å². The van der Waals surface area contributed by atoms with Crippen LogP contribution in [-0.4, -0.2) is 49.2 Å². The van der Waals surface area contributed by atoms with Crippen LogP contribution in [0.25, 0.3) is 0 Å². The lowest BCUT2D eigenvalue weighted by molar-refractivity contribution is -0.205. The van der Waals surface area contributed by atoms with Gasteiger partial charge in [-0.2, -0.15) is 0 Å². The van der Waals surface area contributed by atoms with E-state index >= 15 is 0 Å². The first-order valence-electron chi connectivity index (χ1n) is 5.94. The van der Waals surface area contributed by atoms with Gasteiger partial charge in [0.2, 0.25) is 0 Å². The number of likely N-dealkylation sites (N-methyl/N-ethyl adjacent to an activating group) is 1. The Balaban J connectivity index is 2.50. The summed E-state index contributed by atoms with van der Waals surface area (Å²) in [4.78, 5) is 19.4. The Morgan fingerprint density at radius 2 is 2.06 bits per heavy atom. The van der Waals surface area contributed by atoms with Crippen LogP contribution >= 0.6 is 0 Å². The average Bonchev–Trinajstić information content (AvgIpc) is 2.50. The fourth-order valence-corrected chi connectivity index (χ4v) is 1.78. The molecule has 0 spiro atoms. The predicted octanol–water partition coefficient (Wildman–Crippen LogP) is 1.52. The molecule has 1 heterocycles. The zero-order chi connectivity index (χ0) is 12.3. The molecule has 1 rings (SSSR count). The third-order valence-electron chi connectivity index (χ3n) is 2.71. The summed E-state index contributed by atoms with van der Waals surface area (Å²) in [5, 5.41) is 1.85. The van der Waals surface area contributed by atoms with Gasteiger partial charge in [-0.25, -0.2) is 4.79 Å². The van der Waals surface area contributed by atoms with E-state index in [1.165, 1.54) is 0 Å². The van der Waals surface area contributed by atoms with E-state index in [0.717, 1.165) is 25.9 Å². The number of rotatable bonds is 3. The minimum Gasteiger partial charge on any atom is -0.367 e. The molecule has 0 saturated carbocycles. The second-order valence-corrected chi connectivity index (χ2v) is 5.83. The SMILES string of the molecule is CN(C)C[C@@H]1CCCN1OC(=O)C(C)(C)C.